The summed E-state index contributed by atoms with van der Waals surface area (Å²) in [6, 6.07) is 8.69. The van der Waals surface area contributed by atoms with Crippen LogP contribution in [0.2, 0.25) is 0 Å². The van der Waals surface area contributed by atoms with Gasteiger partial charge in [0.1, 0.15) is 0 Å². The van der Waals surface area contributed by atoms with Gasteiger partial charge in [0.15, 0.2) is 0 Å². The lowest BCUT2D eigenvalue weighted by Crippen LogP contribution is -2.02. The number of nitrogens with zero attached hydrogens (tertiary/aromatic N) is 2. The first-order valence-corrected chi connectivity index (χ1v) is 9.03. The van der Waals surface area contributed by atoms with Crippen molar-refractivity contribution in [2.45, 2.75) is 57.8 Å². The van der Waals surface area contributed by atoms with Crippen molar-refractivity contribution in [3.63, 3.8) is 0 Å². The first-order valence-electron chi connectivity index (χ1n) is 9.03. The molecule has 0 unspecified atom stereocenters. The van der Waals surface area contributed by atoms with Crippen LogP contribution in [0.5, 0.6) is 0 Å². The van der Waals surface area contributed by atoms with Crippen LogP contribution in [-0.2, 0) is 25.7 Å². The van der Waals surface area contributed by atoms with Crippen LogP contribution < -0.4 is 0 Å². The smallest absolute Gasteiger partial charge is 0.0892 e. The molecule has 23 heavy (non-hydrogen) atoms. The molecule has 1 aliphatic heterocycles. The maximum atomic E-state index is 5.02. The molecule has 0 atom stereocenters. The van der Waals surface area contributed by atoms with Gasteiger partial charge < -0.3 is 0 Å². The Bertz CT molecular complexity index is 731. The molecule has 2 aromatic rings. The summed E-state index contributed by atoms with van der Waals surface area (Å²) >= 11 is 0. The Hall–Kier alpha value is -1.96. The summed E-state index contributed by atoms with van der Waals surface area (Å²) in [5.74, 6) is 0. The molecular formula is C21H24N2. The van der Waals surface area contributed by atoms with Gasteiger partial charge in [-0.25, -0.2) is 0 Å². The minimum atomic E-state index is 1.05. The van der Waals surface area contributed by atoms with Gasteiger partial charge in [-0.05, 0) is 87.1 Å². The second-order valence-electron chi connectivity index (χ2n) is 6.72. The van der Waals surface area contributed by atoms with Gasteiger partial charge >= 0.3 is 0 Å². The molecule has 0 radical (unpaired) electrons. The van der Waals surface area contributed by atoms with E-state index in [0.29, 0.717) is 0 Å². The van der Waals surface area contributed by atoms with Crippen molar-refractivity contribution >= 4 is 0 Å². The molecule has 2 nitrogen and oxygen atoms in total. The molecule has 0 spiro atoms. The summed E-state index contributed by atoms with van der Waals surface area (Å²) in [6.07, 6.45) is 15.2. The lowest BCUT2D eigenvalue weighted by Gasteiger charge is -2.12. The molecule has 0 saturated carbocycles. The van der Waals surface area contributed by atoms with Gasteiger partial charge in [0.05, 0.1) is 11.4 Å². The quantitative estimate of drug-likeness (QED) is 0.650. The Balaban J connectivity index is 1.78. The van der Waals surface area contributed by atoms with Crippen molar-refractivity contribution in [2.24, 2.45) is 0 Å². The molecule has 4 bridgehead atoms. The van der Waals surface area contributed by atoms with E-state index in [1.807, 2.05) is 0 Å². The zero-order valence-corrected chi connectivity index (χ0v) is 13.7. The molecule has 1 aliphatic carbocycles. The van der Waals surface area contributed by atoms with E-state index in [9.17, 15) is 0 Å². The third-order valence-corrected chi connectivity index (χ3v) is 5.00. The molecule has 2 heteroatoms. The van der Waals surface area contributed by atoms with Crippen molar-refractivity contribution in [1.29, 1.82) is 0 Å². The van der Waals surface area contributed by atoms with Crippen LogP contribution in [0.3, 0.4) is 0 Å². The van der Waals surface area contributed by atoms with Crippen molar-refractivity contribution in [1.82, 2.24) is 9.97 Å². The van der Waals surface area contributed by atoms with E-state index < -0.39 is 0 Å². The maximum absolute atomic E-state index is 5.02. The zero-order chi connectivity index (χ0) is 15.5. The maximum Gasteiger partial charge on any atom is 0.0892 e. The van der Waals surface area contributed by atoms with Gasteiger partial charge in [-0.3, -0.25) is 9.97 Å². The van der Waals surface area contributed by atoms with E-state index in [1.165, 1.54) is 61.0 Å². The summed E-state index contributed by atoms with van der Waals surface area (Å²) in [4.78, 5) is 9.89. The van der Waals surface area contributed by atoms with Crippen molar-refractivity contribution in [2.75, 3.05) is 0 Å². The van der Waals surface area contributed by atoms with Crippen LogP contribution >= 0.6 is 0 Å². The number of aryl methyl sites for hydroxylation is 3. The first-order chi connectivity index (χ1) is 11.4. The number of allylic oxidation sites excluding steroid dienone is 2. The molecule has 0 saturated heterocycles. The molecule has 0 N–H and O–H groups in total. The predicted octanol–water partition coefficient (Wildman–Crippen LogP) is 4.85. The number of rotatable bonds is 0. The van der Waals surface area contributed by atoms with Crippen LogP contribution in [0.25, 0.3) is 11.4 Å². The summed E-state index contributed by atoms with van der Waals surface area (Å²) in [5, 5.41) is 0. The summed E-state index contributed by atoms with van der Waals surface area (Å²) < 4.78 is 0. The molecule has 118 valence electrons. The van der Waals surface area contributed by atoms with Gasteiger partial charge in [0.25, 0.3) is 0 Å². The van der Waals surface area contributed by atoms with Crippen molar-refractivity contribution < 1.29 is 0 Å². The third kappa shape index (κ3) is 3.21. The molecule has 3 heterocycles. The summed E-state index contributed by atoms with van der Waals surface area (Å²) in [6.45, 7) is 0. The highest BCUT2D eigenvalue weighted by molar-refractivity contribution is 5.58. The minimum absolute atomic E-state index is 1.05. The van der Waals surface area contributed by atoms with Gasteiger partial charge in [-0.15, -0.1) is 0 Å². The van der Waals surface area contributed by atoms with E-state index in [0.717, 1.165) is 30.7 Å². The van der Waals surface area contributed by atoms with Gasteiger partial charge in [-0.2, -0.15) is 0 Å². The second-order valence-corrected chi connectivity index (χ2v) is 6.72. The van der Waals surface area contributed by atoms with E-state index in [-0.39, 0.29) is 0 Å². The normalized spacial score (nSPS) is 19.0. The fraction of sp³-hybridized carbons (Fsp3) is 0.429. The summed E-state index contributed by atoms with van der Waals surface area (Å²) in [7, 11) is 0. The highest BCUT2D eigenvalue weighted by Crippen LogP contribution is 2.29. The molecule has 0 fully saturated rings. The fourth-order valence-corrected chi connectivity index (χ4v) is 3.79. The topological polar surface area (TPSA) is 25.8 Å². The lowest BCUT2D eigenvalue weighted by atomic mass is 10.0. The highest BCUT2D eigenvalue weighted by atomic mass is 14.8. The van der Waals surface area contributed by atoms with Crippen LogP contribution in [0.1, 0.15) is 54.6 Å². The van der Waals surface area contributed by atoms with Gasteiger partial charge in [0, 0.05) is 11.4 Å². The average molecular weight is 304 g/mol. The second kappa shape index (κ2) is 6.66. The molecule has 2 aliphatic rings. The van der Waals surface area contributed by atoms with Crippen molar-refractivity contribution in [3.8, 4) is 11.4 Å². The van der Waals surface area contributed by atoms with E-state index in [2.05, 4.69) is 36.4 Å². The number of fused-ring (bicyclic) bond motifs is 7. The SMILES string of the molecule is C1=C\CCCc2nc(cc3c2CCC3)-c2cccc(n2)CCC/1. The third-order valence-electron chi connectivity index (χ3n) is 5.00. The standard InChI is InChI=1S/C21H24N2/c1-2-4-6-13-19-18-12-7-9-16(18)15-21(23-19)20-14-8-11-17(22-20)10-5-3-1/h1-2,8,11,14-15H,3-7,9-10,12-13H2/b2-1-. The Morgan fingerprint density at radius 1 is 0.739 bits per heavy atom. The molecule has 4 rings (SSSR count). The Morgan fingerprint density at radius 3 is 2.52 bits per heavy atom. The Morgan fingerprint density at radius 2 is 1.61 bits per heavy atom. The van der Waals surface area contributed by atoms with Crippen LogP contribution in [-0.4, -0.2) is 9.97 Å². The Kier molecular flexibility index (Phi) is 4.23. The van der Waals surface area contributed by atoms with Crippen LogP contribution in [0.15, 0.2) is 36.4 Å². The zero-order valence-electron chi connectivity index (χ0n) is 13.7. The minimum Gasteiger partial charge on any atom is -0.251 e. The molecule has 0 aromatic carbocycles. The lowest BCUT2D eigenvalue weighted by molar-refractivity contribution is 0.786. The molecular weight excluding hydrogens is 280 g/mol. The number of pyridine rings is 2. The Labute approximate surface area is 138 Å². The fourth-order valence-electron chi connectivity index (χ4n) is 3.79. The monoisotopic (exact) mass is 304 g/mol. The number of hydrogen-bond donors (Lipinski definition) is 0. The van der Waals surface area contributed by atoms with Gasteiger partial charge in [0.2, 0.25) is 0 Å². The van der Waals surface area contributed by atoms with Crippen molar-refractivity contribution in [3.05, 3.63) is 58.9 Å². The highest BCUT2D eigenvalue weighted by Gasteiger charge is 2.18. The van der Waals surface area contributed by atoms with E-state index in [4.69, 9.17) is 9.97 Å². The number of hydrogen-bond acceptors (Lipinski definition) is 2. The largest absolute Gasteiger partial charge is 0.251 e. The number of aromatic nitrogens is 2. The molecule has 2 aromatic heterocycles. The average Bonchev–Trinajstić information content (AvgIpc) is 3.05. The van der Waals surface area contributed by atoms with Crippen LogP contribution in [0.4, 0.5) is 0 Å². The summed E-state index contributed by atoms with van der Waals surface area (Å²) in [5.41, 5.74) is 7.69. The molecule has 0 amide bonds. The first kappa shape index (κ1) is 14.6. The van der Waals surface area contributed by atoms with Crippen LogP contribution in [0, 0.1) is 0 Å². The van der Waals surface area contributed by atoms with E-state index >= 15 is 0 Å². The van der Waals surface area contributed by atoms with Gasteiger partial charge in [-0.1, -0.05) is 18.2 Å². The predicted molar refractivity (Wildman–Crippen MR) is 94.5 cm³/mol. The van der Waals surface area contributed by atoms with E-state index in [1.54, 1.807) is 0 Å².